The minimum atomic E-state index is 0.000237. The van der Waals surface area contributed by atoms with Crippen LogP contribution in [0.25, 0.3) is 0 Å². The number of benzene rings is 1. The summed E-state index contributed by atoms with van der Waals surface area (Å²) in [6, 6.07) is 8.23. The van der Waals surface area contributed by atoms with Crippen molar-refractivity contribution in [1.29, 1.82) is 0 Å². The van der Waals surface area contributed by atoms with E-state index < -0.39 is 0 Å². The van der Waals surface area contributed by atoms with Crippen molar-refractivity contribution in [2.45, 2.75) is 20.4 Å². The molecule has 0 aliphatic carbocycles. The Labute approximate surface area is 111 Å². The maximum absolute atomic E-state index is 12.2. The lowest BCUT2D eigenvalue weighted by Gasteiger charge is -2.20. The fourth-order valence-corrected chi connectivity index (χ4v) is 2.36. The van der Waals surface area contributed by atoms with Crippen LogP contribution in [0.4, 0.5) is 0 Å². The molecule has 0 spiro atoms. The summed E-state index contributed by atoms with van der Waals surface area (Å²) in [5, 5.41) is 1.79. The summed E-state index contributed by atoms with van der Waals surface area (Å²) in [6.07, 6.45) is 0. The SMILES string of the molecule is CCN(Cc1cccc(C)c1)C(=O)c1cscn1. The normalized spacial score (nSPS) is 10.3. The molecule has 1 aromatic heterocycles. The van der Waals surface area contributed by atoms with E-state index in [1.165, 1.54) is 16.9 Å². The van der Waals surface area contributed by atoms with E-state index in [0.717, 1.165) is 5.56 Å². The van der Waals surface area contributed by atoms with Crippen molar-refractivity contribution in [2.24, 2.45) is 0 Å². The van der Waals surface area contributed by atoms with E-state index in [2.05, 4.69) is 24.0 Å². The highest BCUT2D eigenvalue weighted by molar-refractivity contribution is 7.07. The van der Waals surface area contributed by atoms with Gasteiger partial charge in [0.15, 0.2) is 0 Å². The van der Waals surface area contributed by atoms with Crippen LogP contribution in [0.15, 0.2) is 35.2 Å². The Morgan fingerprint density at radius 2 is 2.28 bits per heavy atom. The topological polar surface area (TPSA) is 33.2 Å². The second-order valence-corrected chi connectivity index (χ2v) is 4.90. The molecule has 3 nitrogen and oxygen atoms in total. The van der Waals surface area contributed by atoms with Crippen LogP contribution >= 0.6 is 11.3 Å². The summed E-state index contributed by atoms with van der Waals surface area (Å²) in [7, 11) is 0. The minimum absolute atomic E-state index is 0.000237. The van der Waals surface area contributed by atoms with Crippen molar-refractivity contribution in [3.63, 3.8) is 0 Å². The van der Waals surface area contributed by atoms with Crippen LogP contribution in [0.3, 0.4) is 0 Å². The van der Waals surface area contributed by atoms with E-state index >= 15 is 0 Å². The first-order valence-corrected chi connectivity index (χ1v) is 6.88. The number of amides is 1. The molecule has 94 valence electrons. The summed E-state index contributed by atoms with van der Waals surface area (Å²) in [5.74, 6) is 0.000237. The molecular weight excluding hydrogens is 244 g/mol. The molecule has 0 atom stereocenters. The Morgan fingerprint density at radius 3 is 2.89 bits per heavy atom. The maximum atomic E-state index is 12.2. The molecule has 0 aliphatic heterocycles. The van der Waals surface area contributed by atoms with Crippen molar-refractivity contribution in [3.8, 4) is 0 Å². The van der Waals surface area contributed by atoms with Crippen molar-refractivity contribution in [2.75, 3.05) is 6.54 Å². The molecule has 1 aromatic carbocycles. The Morgan fingerprint density at radius 1 is 1.44 bits per heavy atom. The van der Waals surface area contributed by atoms with Crippen molar-refractivity contribution in [1.82, 2.24) is 9.88 Å². The van der Waals surface area contributed by atoms with Gasteiger partial charge in [-0.25, -0.2) is 4.98 Å². The molecule has 0 fully saturated rings. The maximum Gasteiger partial charge on any atom is 0.273 e. The number of carbonyl (C=O) groups is 1. The highest BCUT2D eigenvalue weighted by Crippen LogP contribution is 2.11. The largest absolute Gasteiger partial charge is 0.333 e. The first-order chi connectivity index (χ1) is 8.70. The van der Waals surface area contributed by atoms with Crippen LogP contribution in [0.5, 0.6) is 0 Å². The lowest BCUT2D eigenvalue weighted by molar-refractivity contribution is 0.0747. The van der Waals surface area contributed by atoms with Crippen molar-refractivity contribution in [3.05, 3.63) is 52.0 Å². The van der Waals surface area contributed by atoms with Gasteiger partial charge in [-0.3, -0.25) is 4.79 Å². The van der Waals surface area contributed by atoms with E-state index in [4.69, 9.17) is 0 Å². The van der Waals surface area contributed by atoms with Gasteiger partial charge in [0.05, 0.1) is 5.51 Å². The van der Waals surface area contributed by atoms with Gasteiger partial charge in [0.25, 0.3) is 5.91 Å². The highest BCUT2D eigenvalue weighted by Gasteiger charge is 2.15. The van der Waals surface area contributed by atoms with Gasteiger partial charge in [-0.2, -0.15) is 0 Å². The van der Waals surface area contributed by atoms with Crippen LogP contribution in [-0.2, 0) is 6.54 Å². The summed E-state index contributed by atoms with van der Waals surface area (Å²) >= 11 is 1.45. The summed E-state index contributed by atoms with van der Waals surface area (Å²) in [4.78, 5) is 18.1. The van der Waals surface area contributed by atoms with E-state index in [9.17, 15) is 4.79 Å². The number of hydrogen-bond acceptors (Lipinski definition) is 3. The monoisotopic (exact) mass is 260 g/mol. The molecule has 0 N–H and O–H groups in total. The predicted octanol–water partition coefficient (Wildman–Crippen LogP) is 3.11. The van der Waals surface area contributed by atoms with Crippen LogP contribution in [0.1, 0.15) is 28.5 Å². The number of rotatable bonds is 4. The first-order valence-electron chi connectivity index (χ1n) is 5.93. The van der Waals surface area contributed by atoms with Gasteiger partial charge >= 0.3 is 0 Å². The third-order valence-corrected chi connectivity index (χ3v) is 3.36. The van der Waals surface area contributed by atoms with Gasteiger partial charge in [-0.05, 0) is 19.4 Å². The Balaban J connectivity index is 2.12. The quantitative estimate of drug-likeness (QED) is 0.846. The number of aryl methyl sites for hydroxylation is 1. The molecular formula is C14H16N2OS. The first kappa shape index (κ1) is 12.8. The fourth-order valence-electron chi connectivity index (χ4n) is 1.84. The molecule has 2 aromatic rings. The average molecular weight is 260 g/mol. The average Bonchev–Trinajstić information content (AvgIpc) is 2.89. The number of aromatic nitrogens is 1. The minimum Gasteiger partial charge on any atom is -0.333 e. The highest BCUT2D eigenvalue weighted by atomic mass is 32.1. The van der Waals surface area contributed by atoms with Crippen LogP contribution in [0.2, 0.25) is 0 Å². The zero-order chi connectivity index (χ0) is 13.0. The molecule has 0 bridgehead atoms. The summed E-state index contributed by atoms with van der Waals surface area (Å²) < 4.78 is 0. The molecule has 0 unspecified atom stereocenters. The fraction of sp³-hybridized carbons (Fsp3) is 0.286. The second kappa shape index (κ2) is 5.78. The number of thiazole rings is 1. The molecule has 0 radical (unpaired) electrons. The van der Waals surface area contributed by atoms with Gasteiger partial charge in [-0.1, -0.05) is 29.8 Å². The van der Waals surface area contributed by atoms with Gasteiger partial charge < -0.3 is 4.90 Å². The smallest absolute Gasteiger partial charge is 0.273 e. The Bertz CT molecular complexity index is 522. The Kier molecular flexibility index (Phi) is 4.10. The standard InChI is InChI=1S/C14H16N2OS/c1-3-16(14(17)13-9-18-10-15-13)8-12-6-4-5-11(2)7-12/h4-7,9-10H,3,8H2,1-2H3. The van der Waals surface area contributed by atoms with Crippen LogP contribution < -0.4 is 0 Å². The molecule has 4 heteroatoms. The number of carbonyl (C=O) groups excluding carboxylic acids is 1. The van der Waals surface area contributed by atoms with Gasteiger partial charge in [-0.15, -0.1) is 11.3 Å². The summed E-state index contributed by atoms with van der Waals surface area (Å²) in [6.45, 7) is 5.36. The molecule has 2 rings (SSSR count). The molecule has 18 heavy (non-hydrogen) atoms. The molecule has 0 saturated carbocycles. The number of nitrogens with zero attached hydrogens (tertiary/aromatic N) is 2. The van der Waals surface area contributed by atoms with E-state index in [1.54, 1.807) is 10.9 Å². The summed E-state index contributed by atoms with van der Waals surface area (Å²) in [5.41, 5.74) is 4.59. The zero-order valence-corrected chi connectivity index (χ0v) is 11.4. The lowest BCUT2D eigenvalue weighted by atomic mass is 10.1. The van der Waals surface area contributed by atoms with Crippen molar-refractivity contribution < 1.29 is 4.79 Å². The van der Waals surface area contributed by atoms with E-state index in [-0.39, 0.29) is 5.91 Å². The van der Waals surface area contributed by atoms with Crippen LogP contribution in [-0.4, -0.2) is 22.3 Å². The third kappa shape index (κ3) is 2.96. The van der Waals surface area contributed by atoms with E-state index in [1.807, 2.05) is 24.0 Å². The van der Waals surface area contributed by atoms with E-state index in [0.29, 0.717) is 18.8 Å². The zero-order valence-electron chi connectivity index (χ0n) is 10.6. The lowest BCUT2D eigenvalue weighted by Crippen LogP contribution is -2.30. The molecule has 1 amide bonds. The molecule has 0 aliphatic rings. The number of hydrogen-bond donors (Lipinski definition) is 0. The third-order valence-electron chi connectivity index (χ3n) is 2.78. The second-order valence-electron chi connectivity index (χ2n) is 4.18. The van der Waals surface area contributed by atoms with Gasteiger partial charge in [0.2, 0.25) is 0 Å². The Hall–Kier alpha value is -1.68. The molecule has 0 saturated heterocycles. The molecule has 1 heterocycles. The van der Waals surface area contributed by atoms with Crippen molar-refractivity contribution >= 4 is 17.2 Å². The predicted molar refractivity (Wildman–Crippen MR) is 73.7 cm³/mol. The van der Waals surface area contributed by atoms with Gasteiger partial charge in [0.1, 0.15) is 5.69 Å². The van der Waals surface area contributed by atoms with Gasteiger partial charge in [0, 0.05) is 18.5 Å². The van der Waals surface area contributed by atoms with Crippen LogP contribution in [0, 0.1) is 6.92 Å².